The highest BCUT2D eigenvalue weighted by atomic mass is 16.3. The Morgan fingerprint density at radius 2 is 1.77 bits per heavy atom. The zero-order chi connectivity index (χ0) is 18.3. The molecule has 5 heteroatoms. The van der Waals surface area contributed by atoms with Gasteiger partial charge in [-0.2, -0.15) is 0 Å². The predicted octanol–water partition coefficient (Wildman–Crippen LogP) is 3.32. The first-order valence-electron chi connectivity index (χ1n) is 8.41. The lowest BCUT2D eigenvalue weighted by Crippen LogP contribution is -2.11. The molecule has 0 aliphatic carbocycles. The van der Waals surface area contributed by atoms with Gasteiger partial charge in [-0.15, -0.1) is 0 Å². The van der Waals surface area contributed by atoms with E-state index in [2.05, 4.69) is 9.97 Å². The van der Waals surface area contributed by atoms with Crippen molar-refractivity contribution in [3.63, 3.8) is 0 Å². The summed E-state index contributed by atoms with van der Waals surface area (Å²) in [5.41, 5.74) is 6.04. The molecule has 2 aromatic carbocycles. The minimum absolute atomic E-state index is 0.140. The highest BCUT2D eigenvalue weighted by molar-refractivity contribution is 5.82. The number of aliphatic hydroxyl groups is 1. The number of rotatable bonds is 3. The van der Waals surface area contributed by atoms with Crippen LogP contribution in [0, 0.1) is 6.92 Å². The highest BCUT2D eigenvalue weighted by Crippen LogP contribution is 2.27. The minimum atomic E-state index is -0.733. The SMILES string of the molecule is Cc1ccc(C(O)c2cncc(-c3ccc4[nH]c(=O)n(C)c4c3)c2)cc1. The first-order chi connectivity index (χ1) is 12.5. The molecule has 1 unspecified atom stereocenters. The molecule has 0 fully saturated rings. The molecular formula is C21H19N3O2. The van der Waals surface area contributed by atoms with Crippen molar-refractivity contribution >= 4 is 11.0 Å². The second kappa shape index (κ2) is 6.28. The number of hydrogen-bond acceptors (Lipinski definition) is 3. The molecule has 4 aromatic rings. The maximum atomic E-state index is 11.8. The summed E-state index contributed by atoms with van der Waals surface area (Å²) in [6.07, 6.45) is 2.71. The number of fused-ring (bicyclic) bond motifs is 1. The summed E-state index contributed by atoms with van der Waals surface area (Å²) < 4.78 is 1.58. The summed E-state index contributed by atoms with van der Waals surface area (Å²) in [6.45, 7) is 2.02. The van der Waals surface area contributed by atoms with Gasteiger partial charge in [-0.25, -0.2) is 4.79 Å². The zero-order valence-corrected chi connectivity index (χ0v) is 14.6. The molecule has 2 heterocycles. The number of imidazole rings is 1. The van der Waals surface area contributed by atoms with Crippen molar-refractivity contribution in [1.29, 1.82) is 0 Å². The van der Waals surface area contributed by atoms with Gasteiger partial charge in [0.2, 0.25) is 0 Å². The number of aromatic amines is 1. The van der Waals surface area contributed by atoms with E-state index >= 15 is 0 Å². The minimum Gasteiger partial charge on any atom is -0.384 e. The molecule has 26 heavy (non-hydrogen) atoms. The fourth-order valence-electron chi connectivity index (χ4n) is 3.11. The topological polar surface area (TPSA) is 70.9 Å². The number of benzene rings is 2. The summed E-state index contributed by atoms with van der Waals surface area (Å²) in [5, 5.41) is 10.7. The van der Waals surface area contributed by atoms with Crippen molar-refractivity contribution in [3.05, 3.63) is 88.1 Å². The molecule has 5 nitrogen and oxygen atoms in total. The van der Waals surface area contributed by atoms with Crippen LogP contribution in [0.1, 0.15) is 22.8 Å². The largest absolute Gasteiger partial charge is 0.384 e. The molecule has 0 aliphatic rings. The lowest BCUT2D eigenvalue weighted by molar-refractivity contribution is 0.220. The van der Waals surface area contributed by atoms with E-state index in [4.69, 9.17) is 0 Å². The van der Waals surface area contributed by atoms with Gasteiger partial charge in [0.1, 0.15) is 6.10 Å². The van der Waals surface area contributed by atoms with Crippen molar-refractivity contribution in [2.24, 2.45) is 7.05 Å². The summed E-state index contributed by atoms with van der Waals surface area (Å²) in [6, 6.07) is 15.5. The second-order valence-corrected chi connectivity index (χ2v) is 6.54. The monoisotopic (exact) mass is 345 g/mol. The number of nitrogens with zero attached hydrogens (tertiary/aromatic N) is 2. The summed E-state index contributed by atoms with van der Waals surface area (Å²) in [7, 11) is 1.74. The number of aryl methyl sites for hydroxylation is 2. The lowest BCUT2D eigenvalue weighted by Gasteiger charge is -2.13. The van der Waals surface area contributed by atoms with E-state index in [1.165, 1.54) is 0 Å². The average Bonchev–Trinajstić information content (AvgIpc) is 2.95. The first-order valence-corrected chi connectivity index (χ1v) is 8.41. The smallest absolute Gasteiger partial charge is 0.326 e. The predicted molar refractivity (Wildman–Crippen MR) is 102 cm³/mol. The number of nitrogens with one attached hydrogen (secondary N) is 1. The Labute approximate surface area is 150 Å². The lowest BCUT2D eigenvalue weighted by atomic mass is 9.99. The van der Waals surface area contributed by atoms with Gasteiger partial charge in [-0.1, -0.05) is 35.9 Å². The van der Waals surface area contributed by atoms with E-state index in [0.29, 0.717) is 0 Å². The number of pyridine rings is 1. The molecule has 0 amide bonds. The quantitative estimate of drug-likeness (QED) is 0.598. The average molecular weight is 345 g/mol. The van der Waals surface area contributed by atoms with E-state index < -0.39 is 6.10 Å². The molecule has 0 spiro atoms. The molecule has 2 N–H and O–H groups in total. The van der Waals surface area contributed by atoms with E-state index in [-0.39, 0.29) is 5.69 Å². The molecule has 130 valence electrons. The Bertz CT molecular complexity index is 1140. The van der Waals surface area contributed by atoms with Gasteiger partial charge in [-0.3, -0.25) is 9.55 Å². The Kier molecular flexibility index (Phi) is 3.93. The standard InChI is InChI=1S/C21H19N3O2/c1-13-3-5-14(6-4-13)20(25)17-9-16(11-22-12-17)15-7-8-18-19(10-15)24(2)21(26)23-18/h3-12,20,25H,1-2H3,(H,23,26). The van der Waals surface area contributed by atoms with Crippen molar-refractivity contribution in [2.75, 3.05) is 0 Å². The second-order valence-electron chi connectivity index (χ2n) is 6.54. The van der Waals surface area contributed by atoms with Crippen LogP contribution < -0.4 is 5.69 Å². The molecule has 0 saturated heterocycles. The van der Waals surface area contributed by atoms with E-state index in [0.717, 1.165) is 38.9 Å². The van der Waals surface area contributed by atoms with Crippen molar-refractivity contribution < 1.29 is 5.11 Å². The first kappa shape index (κ1) is 16.3. The molecule has 0 bridgehead atoms. The Balaban J connectivity index is 1.74. The van der Waals surface area contributed by atoms with Crippen LogP contribution in [0.3, 0.4) is 0 Å². The third kappa shape index (κ3) is 2.82. The van der Waals surface area contributed by atoms with Gasteiger partial charge < -0.3 is 10.1 Å². The molecule has 0 radical (unpaired) electrons. The summed E-state index contributed by atoms with van der Waals surface area (Å²) in [5.74, 6) is 0. The van der Waals surface area contributed by atoms with Gasteiger partial charge in [-0.05, 0) is 36.2 Å². The fraction of sp³-hybridized carbons (Fsp3) is 0.143. The Morgan fingerprint density at radius 3 is 2.54 bits per heavy atom. The Hall–Kier alpha value is -3.18. The van der Waals surface area contributed by atoms with E-state index in [1.807, 2.05) is 55.5 Å². The van der Waals surface area contributed by atoms with Crippen LogP contribution in [0.25, 0.3) is 22.2 Å². The fourth-order valence-corrected chi connectivity index (χ4v) is 3.11. The maximum absolute atomic E-state index is 11.8. The van der Waals surface area contributed by atoms with Gasteiger partial charge in [0, 0.05) is 30.6 Å². The molecule has 2 aromatic heterocycles. The molecule has 0 saturated carbocycles. The number of hydrogen-bond donors (Lipinski definition) is 2. The van der Waals surface area contributed by atoms with Gasteiger partial charge >= 0.3 is 5.69 Å². The van der Waals surface area contributed by atoms with Crippen LogP contribution in [-0.2, 0) is 7.05 Å². The molecule has 1 atom stereocenters. The Morgan fingerprint density at radius 1 is 1.00 bits per heavy atom. The van der Waals surface area contributed by atoms with Crippen LogP contribution in [0.5, 0.6) is 0 Å². The highest BCUT2D eigenvalue weighted by Gasteiger charge is 2.12. The maximum Gasteiger partial charge on any atom is 0.326 e. The molecule has 0 aliphatic heterocycles. The van der Waals surface area contributed by atoms with Crippen LogP contribution in [0.4, 0.5) is 0 Å². The van der Waals surface area contributed by atoms with Gasteiger partial charge in [0.15, 0.2) is 0 Å². The number of aliphatic hydroxyl groups excluding tert-OH is 1. The van der Waals surface area contributed by atoms with Crippen molar-refractivity contribution in [3.8, 4) is 11.1 Å². The third-order valence-corrected chi connectivity index (χ3v) is 4.71. The summed E-state index contributed by atoms with van der Waals surface area (Å²) >= 11 is 0. The number of aromatic nitrogens is 3. The zero-order valence-electron chi connectivity index (χ0n) is 14.6. The van der Waals surface area contributed by atoms with Crippen molar-refractivity contribution in [1.82, 2.24) is 14.5 Å². The van der Waals surface area contributed by atoms with Crippen LogP contribution in [-0.4, -0.2) is 19.6 Å². The van der Waals surface area contributed by atoms with Crippen LogP contribution in [0.15, 0.2) is 65.7 Å². The van der Waals surface area contributed by atoms with Crippen LogP contribution >= 0.6 is 0 Å². The normalized spacial score (nSPS) is 12.4. The van der Waals surface area contributed by atoms with Crippen molar-refractivity contribution in [2.45, 2.75) is 13.0 Å². The van der Waals surface area contributed by atoms with Gasteiger partial charge in [0.25, 0.3) is 0 Å². The molecule has 4 rings (SSSR count). The molecular weight excluding hydrogens is 326 g/mol. The van der Waals surface area contributed by atoms with E-state index in [1.54, 1.807) is 24.0 Å². The third-order valence-electron chi connectivity index (χ3n) is 4.71. The summed E-state index contributed by atoms with van der Waals surface area (Å²) in [4.78, 5) is 18.9. The van der Waals surface area contributed by atoms with Crippen LogP contribution in [0.2, 0.25) is 0 Å². The van der Waals surface area contributed by atoms with Gasteiger partial charge in [0.05, 0.1) is 11.0 Å². The number of H-pyrrole nitrogens is 1. The van der Waals surface area contributed by atoms with E-state index in [9.17, 15) is 9.90 Å².